The van der Waals surface area contributed by atoms with E-state index in [-0.39, 0.29) is 0 Å². The quantitative estimate of drug-likeness (QED) is 0.801. The number of nitrogens with zero attached hydrogens (tertiary/aromatic N) is 1. The molecule has 0 unspecified atom stereocenters. The predicted molar refractivity (Wildman–Crippen MR) is 57.3 cm³/mol. The van der Waals surface area contributed by atoms with E-state index < -0.39 is 0 Å². The van der Waals surface area contributed by atoms with Crippen LogP contribution in [0.5, 0.6) is 0 Å². The first-order valence-corrected chi connectivity index (χ1v) is 5.02. The molecule has 0 aliphatic carbocycles. The van der Waals surface area contributed by atoms with Gasteiger partial charge in [0.15, 0.2) is 0 Å². The molecular weight excluding hydrogens is 190 g/mol. The molecule has 4 nitrogen and oxygen atoms in total. The van der Waals surface area contributed by atoms with E-state index in [1.807, 2.05) is 26.1 Å². The summed E-state index contributed by atoms with van der Waals surface area (Å²) in [6, 6.07) is 4.05. The molecule has 0 bridgehead atoms. The van der Waals surface area contributed by atoms with Crippen molar-refractivity contribution < 1.29 is 4.52 Å². The minimum absolute atomic E-state index is 0.792. The molecule has 0 fully saturated rings. The molecule has 0 aliphatic rings. The molecule has 0 radical (unpaired) electrons. The maximum absolute atomic E-state index is 5.09. The van der Waals surface area contributed by atoms with Crippen LogP contribution in [0.15, 0.2) is 22.9 Å². The molecule has 15 heavy (non-hydrogen) atoms. The van der Waals surface area contributed by atoms with Crippen LogP contribution in [-0.2, 0) is 13.1 Å². The lowest BCUT2D eigenvalue weighted by molar-refractivity contribution is 0.392. The van der Waals surface area contributed by atoms with Crippen LogP contribution in [0.1, 0.15) is 22.7 Å². The average molecular weight is 205 g/mol. The smallest absolute Gasteiger partial charge is 0.138 e. The van der Waals surface area contributed by atoms with Crippen molar-refractivity contribution in [3.05, 3.63) is 41.0 Å². The van der Waals surface area contributed by atoms with Gasteiger partial charge in [-0.05, 0) is 26.0 Å². The summed E-state index contributed by atoms with van der Waals surface area (Å²) in [6.07, 6.45) is 1.92. The topological polar surface area (TPSA) is 53.9 Å². The number of hydrogen-bond acceptors (Lipinski definition) is 3. The normalized spacial score (nSPS) is 10.8. The van der Waals surface area contributed by atoms with E-state index >= 15 is 0 Å². The van der Waals surface area contributed by atoms with E-state index in [1.54, 1.807) is 0 Å². The summed E-state index contributed by atoms with van der Waals surface area (Å²) in [7, 11) is 0. The third-order valence-corrected chi connectivity index (χ3v) is 2.46. The Balaban J connectivity index is 1.89. The fourth-order valence-electron chi connectivity index (χ4n) is 1.55. The molecule has 2 heterocycles. The summed E-state index contributed by atoms with van der Waals surface area (Å²) in [4.78, 5) is 3.14. The summed E-state index contributed by atoms with van der Waals surface area (Å²) in [5.41, 5.74) is 3.30. The van der Waals surface area contributed by atoms with Gasteiger partial charge in [0.1, 0.15) is 5.76 Å². The Kier molecular flexibility index (Phi) is 2.87. The van der Waals surface area contributed by atoms with Crippen LogP contribution in [0, 0.1) is 13.8 Å². The van der Waals surface area contributed by atoms with Gasteiger partial charge < -0.3 is 14.8 Å². The summed E-state index contributed by atoms with van der Waals surface area (Å²) in [5.74, 6) is 0.895. The van der Waals surface area contributed by atoms with Crippen molar-refractivity contribution in [1.82, 2.24) is 15.5 Å². The summed E-state index contributed by atoms with van der Waals surface area (Å²) in [6.45, 7) is 5.52. The highest BCUT2D eigenvalue weighted by atomic mass is 16.5. The maximum atomic E-state index is 5.09. The third-order valence-electron chi connectivity index (χ3n) is 2.46. The van der Waals surface area contributed by atoms with Crippen molar-refractivity contribution in [3.63, 3.8) is 0 Å². The van der Waals surface area contributed by atoms with Crippen LogP contribution >= 0.6 is 0 Å². The van der Waals surface area contributed by atoms with Gasteiger partial charge in [0.05, 0.1) is 5.69 Å². The standard InChI is InChI=1S/C11H15N3O/c1-8-11(9(2)15-14-8)7-12-6-10-4-3-5-13-10/h3-5,12-13H,6-7H2,1-2H3. The van der Waals surface area contributed by atoms with Gasteiger partial charge in [-0.15, -0.1) is 0 Å². The summed E-state index contributed by atoms with van der Waals surface area (Å²) >= 11 is 0. The van der Waals surface area contributed by atoms with Gasteiger partial charge in [0.2, 0.25) is 0 Å². The molecule has 2 aromatic rings. The SMILES string of the molecule is Cc1noc(C)c1CNCc1ccc[nH]1. The second-order valence-electron chi connectivity index (χ2n) is 3.60. The van der Waals surface area contributed by atoms with Crippen molar-refractivity contribution in [1.29, 1.82) is 0 Å². The Morgan fingerprint density at radius 3 is 2.87 bits per heavy atom. The van der Waals surface area contributed by atoms with Gasteiger partial charge in [-0.2, -0.15) is 0 Å². The first-order valence-electron chi connectivity index (χ1n) is 5.02. The van der Waals surface area contributed by atoms with Gasteiger partial charge in [-0.3, -0.25) is 0 Å². The monoisotopic (exact) mass is 205 g/mol. The number of rotatable bonds is 4. The lowest BCUT2D eigenvalue weighted by Gasteiger charge is -2.02. The lowest BCUT2D eigenvalue weighted by Crippen LogP contribution is -2.13. The molecule has 0 saturated heterocycles. The van der Waals surface area contributed by atoms with Crippen molar-refractivity contribution in [3.8, 4) is 0 Å². The minimum atomic E-state index is 0.792. The van der Waals surface area contributed by atoms with Crippen LogP contribution in [0.4, 0.5) is 0 Å². The summed E-state index contributed by atoms with van der Waals surface area (Å²) in [5, 5.41) is 7.25. The van der Waals surface area contributed by atoms with E-state index in [4.69, 9.17) is 4.52 Å². The Morgan fingerprint density at radius 1 is 1.40 bits per heavy atom. The number of nitrogens with one attached hydrogen (secondary N) is 2. The van der Waals surface area contributed by atoms with Gasteiger partial charge in [0, 0.05) is 30.5 Å². The van der Waals surface area contributed by atoms with Crippen LogP contribution < -0.4 is 5.32 Å². The van der Waals surface area contributed by atoms with E-state index in [0.29, 0.717) is 0 Å². The molecule has 0 aliphatic heterocycles. The zero-order chi connectivity index (χ0) is 10.7. The highest BCUT2D eigenvalue weighted by Gasteiger charge is 2.07. The first kappa shape index (κ1) is 9.98. The molecular formula is C11H15N3O. The van der Waals surface area contributed by atoms with Crippen molar-refractivity contribution in [2.75, 3.05) is 0 Å². The van der Waals surface area contributed by atoms with E-state index in [1.165, 1.54) is 5.69 Å². The fourth-order valence-corrected chi connectivity index (χ4v) is 1.55. The second-order valence-corrected chi connectivity index (χ2v) is 3.60. The number of aromatic nitrogens is 2. The van der Waals surface area contributed by atoms with Crippen LogP contribution in [-0.4, -0.2) is 10.1 Å². The molecule has 80 valence electrons. The average Bonchev–Trinajstić information content (AvgIpc) is 2.82. The van der Waals surface area contributed by atoms with Crippen LogP contribution in [0.25, 0.3) is 0 Å². The van der Waals surface area contributed by atoms with E-state index in [9.17, 15) is 0 Å². The molecule has 0 atom stereocenters. The van der Waals surface area contributed by atoms with Crippen LogP contribution in [0.2, 0.25) is 0 Å². The molecule has 0 spiro atoms. The molecule has 0 aromatic carbocycles. The summed E-state index contributed by atoms with van der Waals surface area (Å²) < 4.78 is 5.09. The molecule has 2 rings (SSSR count). The van der Waals surface area contributed by atoms with Crippen molar-refractivity contribution in [2.24, 2.45) is 0 Å². The maximum Gasteiger partial charge on any atom is 0.138 e. The zero-order valence-corrected chi connectivity index (χ0v) is 9.00. The Labute approximate surface area is 88.7 Å². The zero-order valence-electron chi connectivity index (χ0n) is 9.00. The second kappa shape index (κ2) is 4.31. The number of aryl methyl sites for hydroxylation is 2. The fraction of sp³-hybridized carbons (Fsp3) is 0.364. The van der Waals surface area contributed by atoms with Crippen LogP contribution in [0.3, 0.4) is 0 Å². The van der Waals surface area contributed by atoms with Crippen molar-refractivity contribution in [2.45, 2.75) is 26.9 Å². The molecule has 2 N–H and O–H groups in total. The number of aromatic amines is 1. The first-order chi connectivity index (χ1) is 7.27. The highest BCUT2D eigenvalue weighted by molar-refractivity contribution is 5.20. The number of hydrogen-bond donors (Lipinski definition) is 2. The molecule has 2 aromatic heterocycles. The van der Waals surface area contributed by atoms with E-state index in [0.717, 1.165) is 30.1 Å². The van der Waals surface area contributed by atoms with Gasteiger partial charge in [-0.1, -0.05) is 5.16 Å². The van der Waals surface area contributed by atoms with Gasteiger partial charge in [-0.25, -0.2) is 0 Å². The highest BCUT2D eigenvalue weighted by Crippen LogP contribution is 2.11. The largest absolute Gasteiger partial charge is 0.364 e. The minimum Gasteiger partial charge on any atom is -0.364 e. The Bertz CT molecular complexity index is 397. The molecule has 0 saturated carbocycles. The van der Waals surface area contributed by atoms with Crippen molar-refractivity contribution >= 4 is 0 Å². The lowest BCUT2D eigenvalue weighted by atomic mass is 10.2. The Morgan fingerprint density at radius 2 is 2.27 bits per heavy atom. The van der Waals surface area contributed by atoms with Gasteiger partial charge >= 0.3 is 0 Å². The molecule has 0 amide bonds. The van der Waals surface area contributed by atoms with E-state index in [2.05, 4.69) is 21.5 Å². The predicted octanol–water partition coefficient (Wildman–Crippen LogP) is 1.91. The Hall–Kier alpha value is -1.55. The molecule has 4 heteroatoms. The number of H-pyrrole nitrogens is 1. The van der Waals surface area contributed by atoms with Gasteiger partial charge in [0.25, 0.3) is 0 Å². The third kappa shape index (κ3) is 2.27.